The molecule has 0 saturated carbocycles. The van der Waals surface area contributed by atoms with Gasteiger partial charge < -0.3 is 4.90 Å². The molecule has 1 unspecified atom stereocenters. The average molecular weight is 235 g/mol. The second-order valence-corrected chi connectivity index (χ2v) is 5.19. The van der Waals surface area contributed by atoms with Crippen LogP contribution >= 0.6 is 23.2 Å². The fourth-order valence-electron chi connectivity index (χ4n) is 1.44. The Balaban J connectivity index is 2.74. The molecule has 0 fully saturated rings. The summed E-state index contributed by atoms with van der Waals surface area (Å²) < 4.78 is 7.82. The van der Waals surface area contributed by atoms with Gasteiger partial charge in [-0.05, 0) is 22.8 Å². The smallest absolute Gasteiger partial charge is 0.0787 e. The number of halogens is 2. The summed E-state index contributed by atoms with van der Waals surface area (Å²) >= 11 is 12.0. The molecule has 0 saturated heterocycles. The topological polar surface area (TPSA) is 27.1 Å². The highest BCUT2D eigenvalue weighted by atomic mass is 35.5. The van der Waals surface area contributed by atoms with E-state index in [2.05, 4.69) is 0 Å². The Hall–Kier alpha value is -0.250. The summed E-state index contributed by atoms with van der Waals surface area (Å²) in [6.45, 7) is 0. The van der Waals surface area contributed by atoms with Crippen LogP contribution in [0.4, 0.5) is 5.69 Å². The molecule has 0 amide bonds. The van der Waals surface area contributed by atoms with E-state index in [0.29, 0.717) is 15.9 Å². The van der Waals surface area contributed by atoms with Gasteiger partial charge in [0.05, 0.1) is 26.5 Å². The van der Waals surface area contributed by atoms with Crippen LogP contribution in [-0.2, 0) is 10.7 Å². The van der Waals surface area contributed by atoms with Crippen molar-refractivity contribution in [2.24, 2.45) is 0 Å². The summed E-state index contributed by atoms with van der Waals surface area (Å²) in [6, 6.07) is 3.54. The lowest BCUT2D eigenvalue weighted by molar-refractivity contribution is 1.10. The maximum atomic E-state index is 7.82. The van der Waals surface area contributed by atoms with Crippen molar-refractivity contribution in [1.29, 1.82) is 4.78 Å². The van der Waals surface area contributed by atoms with E-state index in [4.69, 9.17) is 28.0 Å². The van der Waals surface area contributed by atoms with E-state index in [1.54, 1.807) is 12.1 Å². The molecule has 1 atom stereocenters. The van der Waals surface area contributed by atoms with E-state index >= 15 is 0 Å². The Bertz CT molecular complexity index is 392. The van der Waals surface area contributed by atoms with Gasteiger partial charge in [-0.2, -0.15) is 0 Å². The second-order valence-electron chi connectivity index (χ2n) is 2.92. The summed E-state index contributed by atoms with van der Waals surface area (Å²) in [6.07, 6.45) is 0. The van der Waals surface area contributed by atoms with Crippen molar-refractivity contribution in [3.05, 3.63) is 22.2 Å². The van der Waals surface area contributed by atoms with Gasteiger partial charge >= 0.3 is 0 Å². The Morgan fingerprint density at radius 1 is 1.38 bits per heavy atom. The van der Waals surface area contributed by atoms with Crippen LogP contribution in [0.3, 0.4) is 0 Å². The molecule has 13 heavy (non-hydrogen) atoms. The van der Waals surface area contributed by atoms with Gasteiger partial charge in [0.15, 0.2) is 0 Å². The Morgan fingerprint density at radius 2 is 2.00 bits per heavy atom. The van der Waals surface area contributed by atoms with E-state index < -0.39 is 10.7 Å². The van der Waals surface area contributed by atoms with Crippen molar-refractivity contribution in [2.75, 3.05) is 17.8 Å². The molecule has 5 heteroatoms. The number of nitrogens with zero attached hydrogens (tertiary/aromatic N) is 1. The standard InChI is InChI=1S/C8H8Cl2N2S/c1-12-4-13(11)8-6(10)3-2-5(9)7(8)12/h2-3,11H,4H2,1H3. The first kappa shape index (κ1) is 9.31. The minimum absolute atomic E-state index is 0.540. The molecule has 1 heterocycles. The zero-order chi connectivity index (χ0) is 9.59. The van der Waals surface area contributed by atoms with Gasteiger partial charge in [0.1, 0.15) is 0 Å². The molecule has 1 aliphatic rings. The highest BCUT2D eigenvalue weighted by Crippen LogP contribution is 2.41. The molecule has 0 aliphatic carbocycles. The lowest BCUT2D eigenvalue weighted by Crippen LogP contribution is -2.13. The maximum absolute atomic E-state index is 7.82. The van der Waals surface area contributed by atoms with Gasteiger partial charge in [0.2, 0.25) is 0 Å². The summed E-state index contributed by atoms with van der Waals surface area (Å²) in [5, 5.41) is 1.34. The molecule has 1 aliphatic heterocycles. The molecule has 70 valence electrons. The lowest BCUT2D eigenvalue weighted by Gasteiger charge is -2.11. The van der Waals surface area contributed by atoms with Gasteiger partial charge in [0.25, 0.3) is 0 Å². The van der Waals surface area contributed by atoms with Gasteiger partial charge in [0, 0.05) is 7.05 Å². The molecule has 2 nitrogen and oxygen atoms in total. The van der Waals surface area contributed by atoms with Crippen LogP contribution in [0.25, 0.3) is 0 Å². The Morgan fingerprint density at radius 3 is 2.62 bits per heavy atom. The van der Waals surface area contributed by atoms with E-state index in [0.717, 1.165) is 10.6 Å². The number of benzene rings is 1. The number of fused-ring (bicyclic) bond motifs is 1. The minimum atomic E-state index is -0.540. The highest BCUT2D eigenvalue weighted by molar-refractivity contribution is 7.86. The third-order valence-corrected chi connectivity index (χ3v) is 4.27. The van der Waals surface area contributed by atoms with Crippen LogP contribution in [0, 0.1) is 4.78 Å². The molecule has 0 radical (unpaired) electrons. The summed E-state index contributed by atoms with van der Waals surface area (Å²) in [5.74, 6) is 0.693. The number of nitrogens with one attached hydrogen (secondary N) is 1. The molecular formula is C8H8Cl2N2S. The van der Waals surface area contributed by atoms with Crippen LogP contribution < -0.4 is 4.90 Å². The third kappa shape index (κ3) is 1.35. The number of anilines is 1. The molecular weight excluding hydrogens is 227 g/mol. The van der Waals surface area contributed by atoms with E-state index in [9.17, 15) is 0 Å². The minimum Gasteiger partial charge on any atom is -0.362 e. The SMILES string of the molecule is CN1CS(=N)c2c(Cl)ccc(Cl)c21. The molecule has 1 aromatic rings. The van der Waals surface area contributed by atoms with Gasteiger partial charge in [-0.3, -0.25) is 4.78 Å². The molecule has 1 aromatic carbocycles. The lowest BCUT2D eigenvalue weighted by atomic mass is 10.3. The average Bonchev–Trinajstić information content (AvgIpc) is 2.36. The Labute approximate surface area is 89.3 Å². The number of hydrogen-bond donors (Lipinski definition) is 1. The molecule has 1 N–H and O–H groups in total. The zero-order valence-electron chi connectivity index (χ0n) is 6.97. The van der Waals surface area contributed by atoms with Crippen LogP contribution in [0.5, 0.6) is 0 Å². The van der Waals surface area contributed by atoms with Crippen molar-refractivity contribution < 1.29 is 0 Å². The van der Waals surface area contributed by atoms with Crippen LogP contribution in [0.1, 0.15) is 0 Å². The second kappa shape index (κ2) is 3.15. The first-order chi connectivity index (χ1) is 6.11. The zero-order valence-corrected chi connectivity index (χ0v) is 9.30. The van der Waals surface area contributed by atoms with E-state index in [1.807, 2.05) is 11.9 Å². The maximum Gasteiger partial charge on any atom is 0.0787 e. The monoisotopic (exact) mass is 234 g/mol. The summed E-state index contributed by atoms with van der Waals surface area (Å²) in [5.41, 5.74) is 0.924. The van der Waals surface area contributed by atoms with Crippen LogP contribution in [0.2, 0.25) is 10.0 Å². The number of hydrogen-bond acceptors (Lipinski definition) is 2. The van der Waals surface area contributed by atoms with Gasteiger partial charge in [-0.25, -0.2) is 0 Å². The van der Waals surface area contributed by atoms with E-state index in [1.165, 1.54) is 0 Å². The van der Waals surface area contributed by atoms with Crippen molar-refractivity contribution in [3.63, 3.8) is 0 Å². The molecule has 0 spiro atoms. The van der Waals surface area contributed by atoms with Crippen molar-refractivity contribution >= 4 is 39.6 Å². The fraction of sp³-hybridized carbons (Fsp3) is 0.250. The van der Waals surface area contributed by atoms with Crippen molar-refractivity contribution in [3.8, 4) is 0 Å². The first-order valence-corrected chi connectivity index (χ1v) is 5.87. The van der Waals surface area contributed by atoms with Gasteiger partial charge in [-0.15, -0.1) is 0 Å². The van der Waals surface area contributed by atoms with E-state index in [-0.39, 0.29) is 0 Å². The summed E-state index contributed by atoms with van der Waals surface area (Å²) in [7, 11) is 1.39. The molecule has 2 rings (SSSR count). The third-order valence-electron chi connectivity index (χ3n) is 1.99. The largest absolute Gasteiger partial charge is 0.362 e. The Kier molecular flexibility index (Phi) is 2.26. The van der Waals surface area contributed by atoms with Crippen molar-refractivity contribution in [2.45, 2.75) is 4.90 Å². The van der Waals surface area contributed by atoms with Crippen LogP contribution in [-0.4, -0.2) is 12.9 Å². The highest BCUT2D eigenvalue weighted by Gasteiger charge is 2.25. The van der Waals surface area contributed by atoms with Crippen LogP contribution in [0.15, 0.2) is 17.0 Å². The molecule has 0 aromatic heterocycles. The molecule has 0 bridgehead atoms. The van der Waals surface area contributed by atoms with Gasteiger partial charge in [-0.1, -0.05) is 23.2 Å². The quantitative estimate of drug-likeness (QED) is 0.734. The first-order valence-electron chi connectivity index (χ1n) is 3.72. The normalized spacial score (nSPS) is 20.5. The summed E-state index contributed by atoms with van der Waals surface area (Å²) in [4.78, 5) is 2.87. The predicted octanol–water partition coefficient (Wildman–Crippen LogP) is 3.14. The number of rotatable bonds is 0. The predicted molar refractivity (Wildman–Crippen MR) is 58.1 cm³/mol. The fourth-order valence-corrected chi connectivity index (χ4v) is 3.67. The van der Waals surface area contributed by atoms with Crippen molar-refractivity contribution in [1.82, 2.24) is 0 Å².